The van der Waals surface area contributed by atoms with Crippen molar-refractivity contribution in [2.24, 2.45) is 5.41 Å². The third-order valence-electron chi connectivity index (χ3n) is 4.87. The average Bonchev–Trinajstić information content (AvgIpc) is 3.40. The molecule has 3 rings (SSSR count). The molecule has 0 aromatic heterocycles. The van der Waals surface area contributed by atoms with Crippen molar-refractivity contribution in [3.63, 3.8) is 0 Å². The summed E-state index contributed by atoms with van der Waals surface area (Å²) in [7, 11) is 0. The molecule has 1 fully saturated rings. The molecular formula is C21H25NO3. The second kappa shape index (κ2) is 7.70. The van der Waals surface area contributed by atoms with Crippen molar-refractivity contribution in [3.8, 4) is 5.75 Å². The predicted octanol–water partition coefficient (Wildman–Crippen LogP) is 3.01. The van der Waals surface area contributed by atoms with E-state index in [0.717, 1.165) is 29.7 Å². The van der Waals surface area contributed by atoms with Crippen LogP contribution in [-0.4, -0.2) is 24.2 Å². The lowest BCUT2D eigenvalue weighted by molar-refractivity contribution is -0.120. The fourth-order valence-electron chi connectivity index (χ4n) is 2.78. The third kappa shape index (κ3) is 4.83. The highest BCUT2D eigenvalue weighted by atomic mass is 16.5. The van der Waals surface area contributed by atoms with Crippen LogP contribution >= 0.6 is 0 Å². The molecule has 1 aliphatic carbocycles. The zero-order valence-corrected chi connectivity index (χ0v) is 14.6. The van der Waals surface area contributed by atoms with Gasteiger partial charge in [0, 0.05) is 12.0 Å². The predicted molar refractivity (Wildman–Crippen MR) is 97.4 cm³/mol. The molecule has 132 valence electrons. The van der Waals surface area contributed by atoms with E-state index in [2.05, 4.69) is 24.4 Å². The van der Waals surface area contributed by atoms with Crippen molar-refractivity contribution in [2.45, 2.75) is 32.8 Å². The van der Waals surface area contributed by atoms with Crippen LogP contribution in [0.4, 0.5) is 0 Å². The Hall–Kier alpha value is -2.33. The van der Waals surface area contributed by atoms with Gasteiger partial charge in [0.25, 0.3) is 0 Å². The minimum Gasteiger partial charge on any atom is -0.489 e. The summed E-state index contributed by atoms with van der Waals surface area (Å²) in [5, 5.41) is 12.2. The number of benzene rings is 2. The number of hydrogen-bond acceptors (Lipinski definition) is 3. The van der Waals surface area contributed by atoms with Gasteiger partial charge >= 0.3 is 0 Å². The van der Waals surface area contributed by atoms with E-state index < -0.39 is 0 Å². The lowest BCUT2D eigenvalue weighted by Crippen LogP contribution is -2.32. The van der Waals surface area contributed by atoms with E-state index in [-0.39, 0.29) is 17.9 Å². The van der Waals surface area contributed by atoms with Crippen LogP contribution in [-0.2, 0) is 17.8 Å². The largest absolute Gasteiger partial charge is 0.489 e. The fraction of sp³-hybridized carbons (Fsp3) is 0.381. The van der Waals surface area contributed by atoms with Crippen LogP contribution in [0.5, 0.6) is 5.75 Å². The van der Waals surface area contributed by atoms with Gasteiger partial charge < -0.3 is 15.2 Å². The van der Waals surface area contributed by atoms with Crippen LogP contribution in [0, 0.1) is 12.3 Å². The summed E-state index contributed by atoms with van der Waals surface area (Å²) in [4.78, 5) is 12.1. The molecular weight excluding hydrogens is 314 g/mol. The van der Waals surface area contributed by atoms with Crippen molar-refractivity contribution in [1.29, 1.82) is 0 Å². The third-order valence-corrected chi connectivity index (χ3v) is 4.87. The maximum atomic E-state index is 12.1. The molecule has 2 N–H and O–H groups in total. The molecule has 25 heavy (non-hydrogen) atoms. The van der Waals surface area contributed by atoms with Crippen molar-refractivity contribution in [2.75, 3.05) is 13.2 Å². The molecule has 2 aromatic carbocycles. The average molecular weight is 339 g/mol. The lowest BCUT2D eigenvalue weighted by Gasteiger charge is -2.13. The van der Waals surface area contributed by atoms with Gasteiger partial charge in [0.05, 0.1) is 13.0 Å². The van der Waals surface area contributed by atoms with E-state index >= 15 is 0 Å². The summed E-state index contributed by atoms with van der Waals surface area (Å²) in [6.07, 6.45) is 2.31. The number of ether oxygens (including phenoxy) is 1. The molecule has 1 amide bonds. The number of amides is 1. The van der Waals surface area contributed by atoms with E-state index in [0.29, 0.717) is 19.6 Å². The first-order valence-electron chi connectivity index (χ1n) is 8.74. The van der Waals surface area contributed by atoms with Crippen LogP contribution in [0.1, 0.15) is 29.5 Å². The highest BCUT2D eigenvalue weighted by Crippen LogP contribution is 2.44. The Kier molecular flexibility index (Phi) is 5.39. The Morgan fingerprint density at radius 2 is 2.00 bits per heavy atom. The summed E-state index contributed by atoms with van der Waals surface area (Å²) in [5.74, 6) is 0.748. The molecule has 4 nitrogen and oxygen atoms in total. The molecule has 2 aromatic rings. The molecule has 1 aliphatic rings. The van der Waals surface area contributed by atoms with Crippen molar-refractivity contribution in [1.82, 2.24) is 5.32 Å². The monoisotopic (exact) mass is 339 g/mol. The van der Waals surface area contributed by atoms with Crippen molar-refractivity contribution < 1.29 is 14.6 Å². The Morgan fingerprint density at radius 3 is 2.72 bits per heavy atom. The quantitative estimate of drug-likeness (QED) is 0.777. The molecule has 1 saturated carbocycles. The van der Waals surface area contributed by atoms with Gasteiger partial charge in [-0.3, -0.25) is 4.79 Å². The normalized spacial score (nSPS) is 14.8. The number of nitrogens with one attached hydrogen (secondary N) is 1. The molecule has 4 heteroatoms. The van der Waals surface area contributed by atoms with E-state index in [1.807, 2.05) is 36.4 Å². The van der Waals surface area contributed by atoms with Gasteiger partial charge in [0.2, 0.25) is 5.91 Å². The number of aliphatic hydroxyl groups excluding tert-OH is 1. The van der Waals surface area contributed by atoms with E-state index in [1.54, 1.807) is 0 Å². The van der Waals surface area contributed by atoms with Crippen LogP contribution in [0.15, 0.2) is 48.5 Å². The second-order valence-electron chi connectivity index (χ2n) is 6.97. The number of carbonyl (C=O) groups excluding carboxylic acids is 1. The van der Waals surface area contributed by atoms with E-state index in [4.69, 9.17) is 4.74 Å². The number of aliphatic hydroxyl groups is 1. The van der Waals surface area contributed by atoms with Gasteiger partial charge in [-0.05, 0) is 48.6 Å². The zero-order chi connectivity index (χ0) is 17.7. The van der Waals surface area contributed by atoms with Gasteiger partial charge in [-0.15, -0.1) is 0 Å². The first kappa shape index (κ1) is 17.5. The Bertz CT molecular complexity index is 737. The van der Waals surface area contributed by atoms with Gasteiger partial charge in [0.15, 0.2) is 0 Å². The van der Waals surface area contributed by atoms with Crippen molar-refractivity contribution >= 4 is 5.91 Å². The maximum Gasteiger partial charge on any atom is 0.224 e. The Labute approximate surface area is 148 Å². The highest BCUT2D eigenvalue weighted by Gasteiger charge is 2.41. The number of rotatable bonds is 8. The minimum absolute atomic E-state index is 0.0178. The summed E-state index contributed by atoms with van der Waals surface area (Å²) >= 11 is 0. The standard InChI is InChI=1S/C21H25NO3/c1-16-5-2-3-7-18(16)13-25-19-8-4-6-17(11-19)12-20(24)22-14-21(15-23)9-10-21/h2-8,11,23H,9-10,12-15H2,1H3,(H,22,24). The van der Waals surface area contributed by atoms with Gasteiger partial charge in [-0.25, -0.2) is 0 Å². The molecule has 0 bridgehead atoms. The molecule has 0 spiro atoms. The lowest BCUT2D eigenvalue weighted by atomic mass is 10.1. The molecule has 0 unspecified atom stereocenters. The second-order valence-corrected chi connectivity index (χ2v) is 6.97. The van der Waals surface area contributed by atoms with Crippen LogP contribution in [0.25, 0.3) is 0 Å². The fourth-order valence-corrected chi connectivity index (χ4v) is 2.78. The van der Waals surface area contributed by atoms with Crippen LogP contribution in [0.2, 0.25) is 0 Å². The summed E-state index contributed by atoms with van der Waals surface area (Å²) in [6, 6.07) is 15.8. The smallest absolute Gasteiger partial charge is 0.224 e. The van der Waals surface area contributed by atoms with Crippen LogP contribution in [0.3, 0.4) is 0 Å². The summed E-state index contributed by atoms with van der Waals surface area (Å²) < 4.78 is 5.87. The highest BCUT2D eigenvalue weighted by molar-refractivity contribution is 5.78. The minimum atomic E-state index is -0.0613. The number of aryl methyl sites for hydroxylation is 1. The number of carbonyl (C=O) groups is 1. The SMILES string of the molecule is Cc1ccccc1COc1cccc(CC(=O)NCC2(CO)CC2)c1. The van der Waals surface area contributed by atoms with E-state index in [1.165, 1.54) is 5.56 Å². The molecule has 0 atom stereocenters. The topological polar surface area (TPSA) is 58.6 Å². The molecule has 0 heterocycles. The Balaban J connectivity index is 1.52. The first-order valence-corrected chi connectivity index (χ1v) is 8.74. The van der Waals surface area contributed by atoms with E-state index in [9.17, 15) is 9.90 Å². The Morgan fingerprint density at radius 1 is 1.20 bits per heavy atom. The maximum absolute atomic E-state index is 12.1. The van der Waals surface area contributed by atoms with Gasteiger partial charge in [0.1, 0.15) is 12.4 Å². The van der Waals surface area contributed by atoms with Gasteiger partial charge in [-0.1, -0.05) is 36.4 Å². The van der Waals surface area contributed by atoms with Crippen molar-refractivity contribution in [3.05, 3.63) is 65.2 Å². The first-order chi connectivity index (χ1) is 12.1. The molecule has 0 aliphatic heterocycles. The molecule has 0 saturated heterocycles. The zero-order valence-electron chi connectivity index (χ0n) is 14.6. The van der Waals surface area contributed by atoms with Crippen LogP contribution < -0.4 is 10.1 Å². The number of hydrogen-bond donors (Lipinski definition) is 2. The molecule has 0 radical (unpaired) electrons. The summed E-state index contributed by atoms with van der Waals surface area (Å²) in [5.41, 5.74) is 3.22. The summed E-state index contributed by atoms with van der Waals surface area (Å²) in [6.45, 7) is 3.29. The van der Waals surface area contributed by atoms with Gasteiger partial charge in [-0.2, -0.15) is 0 Å².